The van der Waals surface area contributed by atoms with E-state index in [2.05, 4.69) is 15.5 Å². The van der Waals surface area contributed by atoms with Gasteiger partial charge in [0.25, 0.3) is 11.5 Å². The fourth-order valence-corrected chi connectivity index (χ4v) is 5.08. The van der Waals surface area contributed by atoms with Gasteiger partial charge in [-0.15, -0.1) is 10.2 Å². The SMILES string of the molecule is CCn1c(=O)c2ccccc2n2c(CN3C(=O)NC4(CCc5ccccc54)C3=O)nnc12. The lowest BCUT2D eigenvalue weighted by Crippen LogP contribution is -2.41. The van der Waals surface area contributed by atoms with Crippen molar-refractivity contribution in [1.29, 1.82) is 0 Å². The van der Waals surface area contributed by atoms with Gasteiger partial charge in [0.1, 0.15) is 5.54 Å². The predicted molar refractivity (Wildman–Crippen MR) is 116 cm³/mol. The van der Waals surface area contributed by atoms with Crippen LogP contribution in [-0.4, -0.2) is 36.0 Å². The summed E-state index contributed by atoms with van der Waals surface area (Å²) < 4.78 is 3.30. The monoisotopic (exact) mass is 428 g/mol. The Balaban J connectivity index is 1.47. The Kier molecular flexibility index (Phi) is 3.80. The summed E-state index contributed by atoms with van der Waals surface area (Å²) in [5.74, 6) is 0.529. The molecule has 3 heterocycles. The number of rotatable bonds is 3. The van der Waals surface area contributed by atoms with Crippen molar-refractivity contribution >= 4 is 28.6 Å². The Hall–Kier alpha value is -4.01. The minimum Gasteiger partial charge on any atom is -0.319 e. The van der Waals surface area contributed by atoms with E-state index in [0.717, 1.165) is 17.5 Å². The second kappa shape index (κ2) is 6.49. The van der Waals surface area contributed by atoms with Gasteiger partial charge < -0.3 is 5.32 Å². The number of nitrogens with one attached hydrogen (secondary N) is 1. The molecule has 9 heteroatoms. The van der Waals surface area contributed by atoms with Crippen LogP contribution in [0.15, 0.2) is 53.3 Å². The molecule has 0 radical (unpaired) electrons. The van der Waals surface area contributed by atoms with Crippen LogP contribution in [0.1, 0.15) is 30.3 Å². The first-order valence-electron chi connectivity index (χ1n) is 10.6. The molecule has 32 heavy (non-hydrogen) atoms. The molecular weight excluding hydrogens is 408 g/mol. The molecule has 4 aromatic rings. The van der Waals surface area contributed by atoms with Crippen LogP contribution in [0.4, 0.5) is 4.79 Å². The zero-order chi connectivity index (χ0) is 22.0. The van der Waals surface area contributed by atoms with Gasteiger partial charge in [-0.3, -0.25) is 23.5 Å². The summed E-state index contributed by atoms with van der Waals surface area (Å²) in [6.45, 7) is 2.25. The Morgan fingerprint density at radius 2 is 1.81 bits per heavy atom. The molecule has 6 rings (SSSR count). The summed E-state index contributed by atoms with van der Waals surface area (Å²) in [7, 11) is 0. The van der Waals surface area contributed by atoms with Crippen LogP contribution < -0.4 is 10.9 Å². The van der Waals surface area contributed by atoms with Crippen molar-refractivity contribution < 1.29 is 9.59 Å². The molecule has 0 bridgehead atoms. The van der Waals surface area contributed by atoms with Gasteiger partial charge in [0.2, 0.25) is 5.78 Å². The number of nitrogens with zero attached hydrogens (tertiary/aromatic N) is 5. The van der Waals surface area contributed by atoms with Crippen LogP contribution in [0.25, 0.3) is 16.7 Å². The van der Waals surface area contributed by atoms with Crippen LogP contribution in [0.2, 0.25) is 0 Å². The smallest absolute Gasteiger partial charge is 0.319 e. The number of hydrogen-bond acceptors (Lipinski definition) is 5. The number of urea groups is 1. The summed E-state index contributed by atoms with van der Waals surface area (Å²) >= 11 is 0. The minimum atomic E-state index is -1.03. The van der Waals surface area contributed by atoms with Crippen LogP contribution >= 0.6 is 0 Å². The minimum absolute atomic E-state index is 0.0400. The van der Waals surface area contributed by atoms with Gasteiger partial charge in [0.05, 0.1) is 17.4 Å². The third kappa shape index (κ3) is 2.30. The van der Waals surface area contributed by atoms with Crippen molar-refractivity contribution in [2.45, 2.75) is 38.4 Å². The van der Waals surface area contributed by atoms with Crippen molar-refractivity contribution in [3.63, 3.8) is 0 Å². The molecule has 1 aliphatic heterocycles. The molecule has 2 aromatic heterocycles. The van der Waals surface area contributed by atoms with Crippen molar-refractivity contribution in [2.75, 3.05) is 0 Å². The van der Waals surface area contributed by atoms with Gasteiger partial charge in [0, 0.05) is 6.54 Å². The molecule has 0 saturated carbocycles. The van der Waals surface area contributed by atoms with Gasteiger partial charge in [0.15, 0.2) is 5.82 Å². The Morgan fingerprint density at radius 1 is 1.03 bits per heavy atom. The molecule has 2 aliphatic rings. The highest BCUT2D eigenvalue weighted by Gasteiger charge is 2.55. The third-order valence-corrected chi connectivity index (χ3v) is 6.61. The normalized spacial score (nSPS) is 20.0. The van der Waals surface area contributed by atoms with E-state index < -0.39 is 11.6 Å². The van der Waals surface area contributed by atoms with Gasteiger partial charge in [-0.2, -0.15) is 0 Å². The van der Waals surface area contributed by atoms with E-state index in [-0.39, 0.29) is 18.0 Å². The van der Waals surface area contributed by atoms with E-state index in [0.29, 0.717) is 35.5 Å². The molecular formula is C23H20N6O3. The van der Waals surface area contributed by atoms with E-state index in [1.165, 1.54) is 4.90 Å². The van der Waals surface area contributed by atoms with Gasteiger partial charge >= 0.3 is 6.03 Å². The van der Waals surface area contributed by atoms with E-state index in [4.69, 9.17) is 0 Å². The van der Waals surface area contributed by atoms with Crippen molar-refractivity contribution in [1.82, 2.24) is 29.4 Å². The first kappa shape index (κ1) is 18.7. The van der Waals surface area contributed by atoms with Gasteiger partial charge in [-0.1, -0.05) is 36.4 Å². The average molecular weight is 428 g/mol. The maximum absolute atomic E-state index is 13.5. The fraction of sp³-hybridized carbons (Fsp3) is 0.261. The molecule has 1 fully saturated rings. The molecule has 160 valence electrons. The quantitative estimate of drug-likeness (QED) is 0.503. The molecule has 9 nitrogen and oxygen atoms in total. The Morgan fingerprint density at radius 3 is 2.66 bits per heavy atom. The molecule has 3 amide bonds. The van der Waals surface area contributed by atoms with E-state index >= 15 is 0 Å². The number of aromatic nitrogens is 4. The first-order chi connectivity index (χ1) is 15.5. The average Bonchev–Trinajstić information content (AvgIpc) is 3.46. The maximum atomic E-state index is 13.5. The molecule has 1 aliphatic carbocycles. The number of hydrogen-bond donors (Lipinski definition) is 1. The largest absolute Gasteiger partial charge is 0.325 e. The van der Waals surface area contributed by atoms with Crippen molar-refractivity contribution in [3.8, 4) is 0 Å². The van der Waals surface area contributed by atoms with Gasteiger partial charge in [-0.05, 0) is 43.0 Å². The second-order valence-electron chi connectivity index (χ2n) is 8.20. The number of para-hydroxylation sites is 1. The Labute approximate surface area is 182 Å². The summed E-state index contributed by atoms with van der Waals surface area (Å²) in [6, 6.07) is 14.5. The van der Waals surface area contributed by atoms with Crippen LogP contribution in [0.3, 0.4) is 0 Å². The number of carbonyl (C=O) groups excluding carboxylic acids is 2. The lowest BCUT2D eigenvalue weighted by Gasteiger charge is -2.22. The molecule has 1 N–H and O–H groups in total. The van der Waals surface area contributed by atoms with Crippen molar-refractivity contribution in [2.24, 2.45) is 0 Å². The molecule has 2 aromatic carbocycles. The lowest BCUT2D eigenvalue weighted by molar-refractivity contribution is -0.132. The van der Waals surface area contributed by atoms with E-state index in [1.54, 1.807) is 21.1 Å². The van der Waals surface area contributed by atoms with Crippen molar-refractivity contribution in [3.05, 3.63) is 75.8 Å². The highest BCUT2D eigenvalue weighted by atomic mass is 16.2. The predicted octanol–water partition coefficient (Wildman–Crippen LogP) is 1.96. The number of aryl methyl sites for hydroxylation is 2. The van der Waals surface area contributed by atoms with E-state index in [9.17, 15) is 14.4 Å². The third-order valence-electron chi connectivity index (χ3n) is 6.61. The number of imide groups is 1. The molecule has 1 atom stereocenters. The first-order valence-corrected chi connectivity index (χ1v) is 10.6. The van der Waals surface area contributed by atoms with Crippen LogP contribution in [0.5, 0.6) is 0 Å². The van der Waals surface area contributed by atoms with E-state index in [1.807, 2.05) is 43.3 Å². The van der Waals surface area contributed by atoms with Crippen LogP contribution in [0, 0.1) is 0 Å². The highest BCUT2D eigenvalue weighted by molar-refractivity contribution is 6.08. The van der Waals surface area contributed by atoms with Crippen LogP contribution in [-0.2, 0) is 29.8 Å². The summed E-state index contributed by atoms with van der Waals surface area (Å²) in [6.07, 6.45) is 1.27. The highest BCUT2D eigenvalue weighted by Crippen LogP contribution is 2.41. The zero-order valence-electron chi connectivity index (χ0n) is 17.4. The molecule has 1 unspecified atom stereocenters. The summed E-state index contributed by atoms with van der Waals surface area (Å²) in [5, 5.41) is 12.0. The second-order valence-corrected chi connectivity index (χ2v) is 8.20. The topological polar surface area (TPSA) is 102 Å². The standard InChI is InChI=1S/C23H20N6O3/c1-2-27-19(30)15-8-4-6-10-17(15)29-18(25-26-21(27)29)13-28-20(31)23(24-22(28)32)12-11-14-7-3-5-9-16(14)23/h3-10H,2,11-13H2,1H3,(H,24,32). The lowest BCUT2D eigenvalue weighted by atomic mass is 9.92. The number of amides is 3. The number of benzene rings is 2. The van der Waals surface area contributed by atoms with Gasteiger partial charge in [-0.25, -0.2) is 4.79 Å². The number of fused-ring (bicyclic) bond motifs is 5. The fourth-order valence-electron chi connectivity index (χ4n) is 5.08. The Bertz CT molecular complexity index is 1500. The molecule has 1 spiro atoms. The maximum Gasteiger partial charge on any atom is 0.325 e. The summed E-state index contributed by atoms with van der Waals surface area (Å²) in [5.41, 5.74) is 1.41. The number of carbonyl (C=O) groups is 2. The summed E-state index contributed by atoms with van der Waals surface area (Å²) in [4.78, 5) is 40.6. The molecule has 1 saturated heterocycles. The zero-order valence-corrected chi connectivity index (χ0v) is 17.4.